The van der Waals surface area contributed by atoms with Crippen molar-refractivity contribution < 1.29 is 14.7 Å². The van der Waals surface area contributed by atoms with Crippen LogP contribution in [0.2, 0.25) is 0 Å². The molecular formula is C16H17NO3. The van der Waals surface area contributed by atoms with Gasteiger partial charge in [0, 0.05) is 5.56 Å². The van der Waals surface area contributed by atoms with Crippen LogP contribution in [-0.4, -0.2) is 18.0 Å². The van der Waals surface area contributed by atoms with Crippen molar-refractivity contribution in [2.45, 2.75) is 13.5 Å². The smallest absolute Gasteiger partial charge is 0.161 e. The first kappa shape index (κ1) is 13.9. The van der Waals surface area contributed by atoms with E-state index in [1.807, 2.05) is 42.5 Å². The minimum absolute atomic E-state index is 0.476. The summed E-state index contributed by atoms with van der Waals surface area (Å²) in [6.07, 6.45) is 0. The third-order valence-corrected chi connectivity index (χ3v) is 2.97. The van der Waals surface area contributed by atoms with Gasteiger partial charge in [0.25, 0.3) is 0 Å². The highest BCUT2D eigenvalue weighted by atomic mass is 16.5. The number of rotatable bonds is 5. The molecule has 0 radical (unpaired) electrons. The molecule has 0 aromatic heterocycles. The fraction of sp³-hybridized carbons (Fsp3) is 0.188. The summed E-state index contributed by atoms with van der Waals surface area (Å²) in [7, 11) is 1.58. The van der Waals surface area contributed by atoms with Crippen LogP contribution in [0.5, 0.6) is 11.5 Å². The minimum Gasteiger partial charge on any atom is -0.493 e. The van der Waals surface area contributed by atoms with Crippen molar-refractivity contribution >= 4 is 5.71 Å². The third-order valence-electron chi connectivity index (χ3n) is 2.97. The predicted octanol–water partition coefficient (Wildman–Crippen LogP) is 3.47. The summed E-state index contributed by atoms with van der Waals surface area (Å²) in [5.41, 5.74) is 2.40. The van der Waals surface area contributed by atoms with Gasteiger partial charge in [0.1, 0.15) is 6.61 Å². The Balaban J connectivity index is 2.16. The van der Waals surface area contributed by atoms with Gasteiger partial charge in [-0.1, -0.05) is 35.5 Å². The van der Waals surface area contributed by atoms with E-state index in [2.05, 4.69) is 5.16 Å². The zero-order chi connectivity index (χ0) is 14.4. The van der Waals surface area contributed by atoms with E-state index in [4.69, 9.17) is 14.7 Å². The van der Waals surface area contributed by atoms with Gasteiger partial charge in [-0.05, 0) is 30.7 Å². The maximum Gasteiger partial charge on any atom is 0.161 e. The van der Waals surface area contributed by atoms with Crippen LogP contribution < -0.4 is 9.47 Å². The van der Waals surface area contributed by atoms with Gasteiger partial charge in [-0.3, -0.25) is 0 Å². The molecule has 4 nitrogen and oxygen atoms in total. The van der Waals surface area contributed by atoms with Crippen LogP contribution in [0.25, 0.3) is 0 Å². The van der Waals surface area contributed by atoms with E-state index in [1.54, 1.807) is 20.1 Å². The fourth-order valence-electron chi connectivity index (χ4n) is 1.80. The average molecular weight is 271 g/mol. The Bertz CT molecular complexity index is 594. The van der Waals surface area contributed by atoms with Gasteiger partial charge in [-0.25, -0.2) is 0 Å². The second kappa shape index (κ2) is 6.61. The summed E-state index contributed by atoms with van der Waals surface area (Å²) in [6.45, 7) is 2.20. The molecule has 0 heterocycles. The normalized spacial score (nSPS) is 11.2. The molecule has 0 saturated carbocycles. The van der Waals surface area contributed by atoms with Crippen LogP contribution >= 0.6 is 0 Å². The van der Waals surface area contributed by atoms with Crippen molar-refractivity contribution in [2.75, 3.05) is 7.11 Å². The highest BCUT2D eigenvalue weighted by Crippen LogP contribution is 2.29. The van der Waals surface area contributed by atoms with Gasteiger partial charge in [-0.2, -0.15) is 0 Å². The van der Waals surface area contributed by atoms with Crippen molar-refractivity contribution in [3.05, 3.63) is 59.7 Å². The van der Waals surface area contributed by atoms with E-state index in [0.29, 0.717) is 23.8 Å². The SMILES string of the molecule is COc1cc(/C(C)=N\O)ccc1OCc1ccccc1. The van der Waals surface area contributed by atoms with Crippen LogP contribution in [0, 0.1) is 0 Å². The number of hydrogen-bond donors (Lipinski definition) is 1. The van der Waals surface area contributed by atoms with E-state index in [9.17, 15) is 0 Å². The maximum absolute atomic E-state index is 8.79. The van der Waals surface area contributed by atoms with E-state index in [1.165, 1.54) is 0 Å². The molecule has 1 N–H and O–H groups in total. The first-order valence-corrected chi connectivity index (χ1v) is 6.28. The van der Waals surface area contributed by atoms with E-state index >= 15 is 0 Å². The predicted molar refractivity (Wildman–Crippen MR) is 77.8 cm³/mol. The first-order chi connectivity index (χ1) is 9.74. The van der Waals surface area contributed by atoms with E-state index in [0.717, 1.165) is 11.1 Å². The molecule has 20 heavy (non-hydrogen) atoms. The highest BCUT2D eigenvalue weighted by Gasteiger charge is 2.08. The lowest BCUT2D eigenvalue weighted by atomic mass is 10.1. The number of ether oxygens (including phenoxy) is 2. The average Bonchev–Trinajstić information content (AvgIpc) is 2.53. The number of hydrogen-bond acceptors (Lipinski definition) is 4. The van der Waals surface area contributed by atoms with Gasteiger partial charge in [0.15, 0.2) is 11.5 Å². The fourth-order valence-corrected chi connectivity index (χ4v) is 1.80. The Labute approximate surface area is 118 Å². The van der Waals surface area contributed by atoms with Crippen LogP contribution in [0.3, 0.4) is 0 Å². The van der Waals surface area contributed by atoms with Crippen molar-refractivity contribution in [1.29, 1.82) is 0 Å². The molecule has 0 unspecified atom stereocenters. The maximum atomic E-state index is 8.79. The topological polar surface area (TPSA) is 51.0 Å². The molecule has 104 valence electrons. The largest absolute Gasteiger partial charge is 0.493 e. The van der Waals surface area contributed by atoms with E-state index in [-0.39, 0.29) is 0 Å². The van der Waals surface area contributed by atoms with Gasteiger partial charge in [-0.15, -0.1) is 0 Å². The zero-order valence-electron chi connectivity index (χ0n) is 11.5. The van der Waals surface area contributed by atoms with Crippen molar-refractivity contribution in [2.24, 2.45) is 5.16 Å². The van der Waals surface area contributed by atoms with Crippen molar-refractivity contribution in [3.63, 3.8) is 0 Å². The second-order valence-electron chi connectivity index (χ2n) is 4.33. The molecule has 2 aromatic carbocycles. The quantitative estimate of drug-likeness (QED) is 0.514. The summed E-state index contributed by atoms with van der Waals surface area (Å²) in [5, 5.41) is 12.0. The van der Waals surface area contributed by atoms with Gasteiger partial charge in [0.05, 0.1) is 12.8 Å². The van der Waals surface area contributed by atoms with Crippen molar-refractivity contribution in [3.8, 4) is 11.5 Å². The Morgan fingerprint density at radius 2 is 1.85 bits per heavy atom. The van der Waals surface area contributed by atoms with Gasteiger partial charge < -0.3 is 14.7 Å². The molecule has 0 atom stereocenters. The standard InChI is InChI=1S/C16H17NO3/c1-12(17-18)14-8-9-15(16(10-14)19-2)20-11-13-6-4-3-5-7-13/h3-10,18H,11H2,1-2H3/b17-12-. The summed E-state index contributed by atoms with van der Waals surface area (Å²) in [5.74, 6) is 1.27. The molecule has 0 bridgehead atoms. The van der Waals surface area contributed by atoms with Crippen LogP contribution in [-0.2, 0) is 6.61 Å². The van der Waals surface area contributed by atoms with Gasteiger partial charge >= 0.3 is 0 Å². The van der Waals surface area contributed by atoms with Crippen molar-refractivity contribution in [1.82, 2.24) is 0 Å². The number of oxime groups is 1. The molecule has 0 aliphatic carbocycles. The monoisotopic (exact) mass is 271 g/mol. The molecule has 0 spiro atoms. The molecule has 4 heteroatoms. The Morgan fingerprint density at radius 1 is 1.10 bits per heavy atom. The molecule has 0 saturated heterocycles. The lowest BCUT2D eigenvalue weighted by Crippen LogP contribution is -2.00. The molecule has 0 aliphatic heterocycles. The molecule has 0 fully saturated rings. The highest BCUT2D eigenvalue weighted by molar-refractivity contribution is 5.98. The number of methoxy groups -OCH3 is 1. The molecule has 0 aliphatic rings. The summed E-state index contributed by atoms with van der Waals surface area (Å²) >= 11 is 0. The minimum atomic E-state index is 0.476. The summed E-state index contributed by atoms with van der Waals surface area (Å²) in [4.78, 5) is 0. The number of benzene rings is 2. The third kappa shape index (κ3) is 3.29. The van der Waals surface area contributed by atoms with Crippen LogP contribution in [0.15, 0.2) is 53.7 Å². The summed E-state index contributed by atoms with van der Waals surface area (Å²) in [6, 6.07) is 15.3. The van der Waals surface area contributed by atoms with Gasteiger partial charge in [0.2, 0.25) is 0 Å². The Morgan fingerprint density at radius 3 is 2.50 bits per heavy atom. The Kier molecular flexibility index (Phi) is 4.60. The Hall–Kier alpha value is -2.49. The van der Waals surface area contributed by atoms with Crippen LogP contribution in [0.1, 0.15) is 18.1 Å². The number of nitrogens with zero attached hydrogens (tertiary/aromatic N) is 1. The first-order valence-electron chi connectivity index (χ1n) is 6.28. The van der Waals surface area contributed by atoms with E-state index < -0.39 is 0 Å². The zero-order valence-corrected chi connectivity index (χ0v) is 11.5. The lowest BCUT2D eigenvalue weighted by molar-refractivity contribution is 0.284. The molecule has 2 rings (SSSR count). The summed E-state index contributed by atoms with van der Waals surface area (Å²) < 4.78 is 11.1. The van der Waals surface area contributed by atoms with Crippen LogP contribution in [0.4, 0.5) is 0 Å². The molecular weight excluding hydrogens is 254 g/mol. The molecule has 0 amide bonds. The second-order valence-corrected chi connectivity index (χ2v) is 4.33. The molecule has 2 aromatic rings. The lowest BCUT2D eigenvalue weighted by Gasteiger charge is -2.12.